The number of ketones is 1. The van der Waals surface area contributed by atoms with Crippen molar-refractivity contribution in [2.45, 2.75) is 50.8 Å². The minimum absolute atomic E-state index is 0.0392. The number of hydrogen-bond donors (Lipinski definition) is 0. The Kier molecular flexibility index (Phi) is 4.97. The Morgan fingerprint density at radius 1 is 1.15 bits per heavy atom. The highest BCUT2D eigenvalue weighted by Crippen LogP contribution is 2.38. The van der Waals surface area contributed by atoms with Crippen molar-refractivity contribution in [2.75, 3.05) is 0 Å². The second-order valence-electron chi connectivity index (χ2n) is 7.62. The molecule has 2 atom stereocenters. The minimum atomic E-state index is -0.249. The molecule has 0 saturated carbocycles. The summed E-state index contributed by atoms with van der Waals surface area (Å²) in [5, 5.41) is 4.11. The molecule has 2 aromatic rings. The Labute approximate surface area is 159 Å². The van der Waals surface area contributed by atoms with Crippen LogP contribution in [-0.2, 0) is 18.4 Å². The van der Waals surface area contributed by atoms with Crippen molar-refractivity contribution >= 4 is 11.9 Å². The highest BCUT2D eigenvalue weighted by Gasteiger charge is 2.43. The molecule has 2 unspecified atom stereocenters. The number of fused-ring (bicyclic) bond motifs is 2. The number of Topliss-reactive ketones (excluding diaryl/α,β-unsaturated/α-hetero) is 1. The molecule has 4 rings (SSSR count). The molecule has 6 nitrogen and oxygen atoms in total. The lowest BCUT2D eigenvalue weighted by atomic mass is 9.76. The van der Waals surface area contributed by atoms with Gasteiger partial charge in [0.05, 0.1) is 11.8 Å². The van der Waals surface area contributed by atoms with E-state index in [0.717, 1.165) is 24.8 Å². The molecule has 1 aromatic heterocycles. The van der Waals surface area contributed by atoms with Crippen LogP contribution in [0.1, 0.15) is 48.0 Å². The van der Waals surface area contributed by atoms with Crippen LogP contribution in [0.4, 0.5) is 4.79 Å². The van der Waals surface area contributed by atoms with Crippen LogP contribution >= 0.6 is 0 Å². The van der Waals surface area contributed by atoms with Crippen molar-refractivity contribution in [2.24, 2.45) is 13.0 Å². The summed E-state index contributed by atoms with van der Waals surface area (Å²) in [5.41, 5.74) is 1.65. The standard InChI is InChI=1S/C21H25N3O3/c1-23-13-17(12-22-23)20(25)16-10-18-8-5-9-19(11-16)24(18)21(26)27-14-15-6-3-2-4-7-15/h2-4,6-7,12-13,16,18-19H,5,8-11,14H2,1H3. The van der Waals surface area contributed by atoms with Gasteiger partial charge in [-0.1, -0.05) is 30.3 Å². The monoisotopic (exact) mass is 367 g/mol. The summed E-state index contributed by atoms with van der Waals surface area (Å²) in [6.45, 7) is 0.285. The van der Waals surface area contributed by atoms with E-state index in [1.807, 2.05) is 42.3 Å². The molecular weight excluding hydrogens is 342 g/mol. The fourth-order valence-corrected chi connectivity index (χ4v) is 4.47. The van der Waals surface area contributed by atoms with E-state index in [1.165, 1.54) is 0 Å². The average Bonchev–Trinajstić information content (AvgIpc) is 3.11. The molecule has 27 heavy (non-hydrogen) atoms. The van der Waals surface area contributed by atoms with Crippen LogP contribution in [0.5, 0.6) is 0 Å². The number of rotatable bonds is 4. The normalized spacial score (nSPS) is 24.5. The maximum absolute atomic E-state index is 12.8. The molecule has 2 aliphatic rings. The van der Waals surface area contributed by atoms with E-state index < -0.39 is 0 Å². The van der Waals surface area contributed by atoms with Crippen molar-refractivity contribution in [1.29, 1.82) is 0 Å². The Hall–Kier alpha value is -2.63. The number of piperidine rings is 2. The molecule has 0 spiro atoms. The Bertz CT molecular complexity index is 803. The van der Waals surface area contributed by atoms with Gasteiger partial charge in [-0.25, -0.2) is 4.79 Å². The quantitative estimate of drug-likeness (QED) is 0.775. The smallest absolute Gasteiger partial charge is 0.410 e. The second kappa shape index (κ2) is 7.55. The van der Waals surface area contributed by atoms with Crippen molar-refractivity contribution in [3.05, 3.63) is 53.9 Å². The van der Waals surface area contributed by atoms with Crippen LogP contribution in [-0.4, -0.2) is 38.6 Å². The second-order valence-corrected chi connectivity index (χ2v) is 7.62. The number of nitrogens with zero attached hydrogens (tertiary/aromatic N) is 3. The zero-order valence-corrected chi connectivity index (χ0v) is 15.6. The van der Waals surface area contributed by atoms with Crippen molar-refractivity contribution in [3.8, 4) is 0 Å². The zero-order valence-electron chi connectivity index (χ0n) is 15.6. The van der Waals surface area contributed by atoms with Gasteiger partial charge in [0.15, 0.2) is 5.78 Å². The van der Waals surface area contributed by atoms with Gasteiger partial charge in [0.2, 0.25) is 0 Å². The van der Waals surface area contributed by atoms with Gasteiger partial charge in [0.25, 0.3) is 0 Å². The molecule has 2 bridgehead atoms. The summed E-state index contributed by atoms with van der Waals surface area (Å²) < 4.78 is 7.23. The van der Waals surface area contributed by atoms with Crippen LogP contribution in [0.3, 0.4) is 0 Å². The fraction of sp³-hybridized carbons (Fsp3) is 0.476. The lowest BCUT2D eigenvalue weighted by Crippen LogP contribution is -2.55. The first-order valence-corrected chi connectivity index (χ1v) is 9.63. The third kappa shape index (κ3) is 3.75. The predicted molar refractivity (Wildman–Crippen MR) is 100 cm³/mol. The van der Waals surface area contributed by atoms with E-state index >= 15 is 0 Å². The van der Waals surface area contributed by atoms with Gasteiger partial charge in [-0.15, -0.1) is 0 Å². The molecule has 2 fully saturated rings. The SMILES string of the molecule is Cn1cc(C(=O)C2CC3CCCC(C2)N3C(=O)OCc2ccccc2)cn1. The van der Waals surface area contributed by atoms with Gasteiger partial charge >= 0.3 is 6.09 Å². The minimum Gasteiger partial charge on any atom is -0.445 e. The van der Waals surface area contributed by atoms with Gasteiger partial charge in [-0.2, -0.15) is 5.10 Å². The lowest BCUT2D eigenvalue weighted by molar-refractivity contribution is 0.00472. The Morgan fingerprint density at radius 3 is 2.48 bits per heavy atom. The number of amides is 1. The van der Waals surface area contributed by atoms with Crippen LogP contribution in [0, 0.1) is 5.92 Å². The third-order valence-electron chi connectivity index (χ3n) is 5.75. The molecule has 0 radical (unpaired) electrons. The van der Waals surface area contributed by atoms with Gasteiger partial charge in [0, 0.05) is 31.2 Å². The van der Waals surface area contributed by atoms with Gasteiger partial charge < -0.3 is 9.64 Å². The number of aromatic nitrogens is 2. The summed E-state index contributed by atoms with van der Waals surface area (Å²) in [7, 11) is 1.82. The van der Waals surface area contributed by atoms with E-state index in [9.17, 15) is 9.59 Å². The van der Waals surface area contributed by atoms with Gasteiger partial charge in [-0.3, -0.25) is 9.48 Å². The van der Waals surface area contributed by atoms with Gasteiger partial charge in [0.1, 0.15) is 6.61 Å². The topological polar surface area (TPSA) is 64.4 Å². The van der Waals surface area contributed by atoms with E-state index in [2.05, 4.69) is 5.10 Å². The molecule has 6 heteroatoms. The third-order valence-corrected chi connectivity index (χ3v) is 5.75. The van der Waals surface area contributed by atoms with Gasteiger partial charge in [-0.05, 0) is 37.7 Å². The first kappa shape index (κ1) is 17.8. The van der Waals surface area contributed by atoms with Crippen LogP contribution in [0.2, 0.25) is 0 Å². The first-order chi connectivity index (χ1) is 13.1. The predicted octanol–water partition coefficient (Wildman–Crippen LogP) is 3.57. The van der Waals surface area contributed by atoms with Crippen LogP contribution in [0.15, 0.2) is 42.7 Å². The molecule has 1 amide bonds. The molecule has 142 valence electrons. The number of carbonyl (C=O) groups excluding carboxylic acids is 2. The summed E-state index contributed by atoms with van der Waals surface area (Å²) in [6.07, 6.45) is 7.57. The first-order valence-electron chi connectivity index (χ1n) is 9.63. The van der Waals surface area contributed by atoms with E-state index in [0.29, 0.717) is 18.4 Å². The summed E-state index contributed by atoms with van der Waals surface area (Å²) in [6, 6.07) is 9.90. The van der Waals surface area contributed by atoms with Crippen molar-refractivity contribution in [1.82, 2.24) is 14.7 Å². The Morgan fingerprint density at radius 2 is 1.85 bits per heavy atom. The summed E-state index contributed by atoms with van der Waals surface area (Å²) >= 11 is 0. The summed E-state index contributed by atoms with van der Waals surface area (Å²) in [5.74, 6) is 0.111. The number of benzene rings is 1. The van der Waals surface area contributed by atoms with E-state index in [1.54, 1.807) is 17.1 Å². The Balaban J connectivity index is 1.42. The molecule has 3 heterocycles. The van der Waals surface area contributed by atoms with Crippen LogP contribution in [0.25, 0.3) is 0 Å². The number of hydrogen-bond acceptors (Lipinski definition) is 4. The summed E-state index contributed by atoms with van der Waals surface area (Å²) in [4.78, 5) is 27.5. The molecule has 2 aliphatic heterocycles. The number of aryl methyl sites for hydroxylation is 1. The maximum Gasteiger partial charge on any atom is 0.410 e. The highest BCUT2D eigenvalue weighted by molar-refractivity contribution is 5.97. The number of ether oxygens (including phenoxy) is 1. The molecule has 0 N–H and O–H groups in total. The van der Waals surface area contributed by atoms with E-state index in [4.69, 9.17) is 4.74 Å². The van der Waals surface area contributed by atoms with E-state index in [-0.39, 0.29) is 36.5 Å². The molecule has 0 aliphatic carbocycles. The molecule has 1 aromatic carbocycles. The lowest BCUT2D eigenvalue weighted by Gasteiger charge is -2.47. The average molecular weight is 367 g/mol. The van der Waals surface area contributed by atoms with Crippen LogP contribution < -0.4 is 0 Å². The largest absolute Gasteiger partial charge is 0.445 e. The maximum atomic E-state index is 12.8. The molecule has 2 saturated heterocycles. The highest BCUT2D eigenvalue weighted by atomic mass is 16.6. The number of carbonyl (C=O) groups is 2. The van der Waals surface area contributed by atoms with Crippen molar-refractivity contribution in [3.63, 3.8) is 0 Å². The zero-order chi connectivity index (χ0) is 18.8. The van der Waals surface area contributed by atoms with Crippen molar-refractivity contribution < 1.29 is 14.3 Å². The molecular formula is C21H25N3O3. The fourth-order valence-electron chi connectivity index (χ4n) is 4.47.